The maximum absolute atomic E-state index is 12.8. The third-order valence-electron chi connectivity index (χ3n) is 4.71. The highest BCUT2D eigenvalue weighted by molar-refractivity contribution is 7.91. The van der Waals surface area contributed by atoms with Gasteiger partial charge in [0, 0.05) is 24.8 Å². The number of anilines is 1. The van der Waals surface area contributed by atoms with Gasteiger partial charge in [0.15, 0.2) is 9.84 Å². The fourth-order valence-corrected chi connectivity index (χ4v) is 5.17. The van der Waals surface area contributed by atoms with Gasteiger partial charge in [-0.3, -0.25) is 4.79 Å². The van der Waals surface area contributed by atoms with E-state index < -0.39 is 9.84 Å². The van der Waals surface area contributed by atoms with Gasteiger partial charge in [-0.05, 0) is 45.7 Å². The monoisotopic (exact) mass is 352 g/mol. The van der Waals surface area contributed by atoms with Crippen LogP contribution < -0.4 is 4.90 Å². The van der Waals surface area contributed by atoms with Gasteiger partial charge in [-0.25, -0.2) is 8.42 Å². The summed E-state index contributed by atoms with van der Waals surface area (Å²) < 4.78 is 23.4. The van der Waals surface area contributed by atoms with E-state index in [9.17, 15) is 13.2 Å². The number of hydrogen-bond donors (Lipinski definition) is 0. The number of amides is 1. The summed E-state index contributed by atoms with van der Waals surface area (Å²) in [6, 6.07) is 6.04. The largest absolute Gasteiger partial charge is 0.362 e. The number of benzene rings is 1. The lowest BCUT2D eigenvalue weighted by Gasteiger charge is -2.31. The molecule has 1 amide bonds. The Balaban J connectivity index is 2.13. The van der Waals surface area contributed by atoms with Crippen LogP contribution in [0.15, 0.2) is 18.2 Å². The summed E-state index contributed by atoms with van der Waals surface area (Å²) in [4.78, 5) is 16.6. The lowest BCUT2D eigenvalue weighted by Crippen LogP contribution is -2.46. The van der Waals surface area contributed by atoms with E-state index in [-0.39, 0.29) is 30.0 Å². The average molecular weight is 353 g/mol. The molecule has 0 radical (unpaired) electrons. The van der Waals surface area contributed by atoms with Crippen LogP contribution in [0.1, 0.15) is 31.4 Å². The van der Waals surface area contributed by atoms with Crippen LogP contribution in [0.2, 0.25) is 0 Å². The topological polar surface area (TPSA) is 57.7 Å². The maximum atomic E-state index is 12.8. The van der Waals surface area contributed by atoms with Crippen molar-refractivity contribution in [2.45, 2.75) is 40.2 Å². The molecule has 24 heavy (non-hydrogen) atoms. The first-order chi connectivity index (χ1) is 11.3. The van der Waals surface area contributed by atoms with E-state index in [1.54, 1.807) is 4.90 Å². The molecule has 1 heterocycles. The molecule has 0 bridgehead atoms. The summed E-state index contributed by atoms with van der Waals surface area (Å²) in [5.74, 6) is 0.291. The second kappa shape index (κ2) is 7.55. The lowest BCUT2D eigenvalue weighted by molar-refractivity contribution is -0.131. The fraction of sp³-hybridized carbons (Fsp3) is 0.611. The number of carbonyl (C=O) groups is 1. The highest BCUT2D eigenvalue weighted by Gasteiger charge is 2.34. The van der Waals surface area contributed by atoms with Crippen LogP contribution >= 0.6 is 0 Å². The van der Waals surface area contributed by atoms with Crippen molar-refractivity contribution in [1.82, 2.24) is 4.90 Å². The summed E-state index contributed by atoms with van der Waals surface area (Å²) in [5, 5.41) is 0. The molecule has 1 aliphatic heterocycles. The van der Waals surface area contributed by atoms with Crippen molar-refractivity contribution in [3.63, 3.8) is 0 Å². The summed E-state index contributed by atoms with van der Waals surface area (Å²) in [6.07, 6.45) is 0.553. The molecule has 0 aromatic heterocycles. The Morgan fingerprint density at radius 3 is 2.42 bits per heavy atom. The Bertz CT molecular complexity index is 700. The average Bonchev–Trinajstić information content (AvgIpc) is 2.86. The van der Waals surface area contributed by atoms with Crippen LogP contribution in [0.4, 0.5) is 5.69 Å². The highest BCUT2D eigenvalue weighted by atomic mass is 32.2. The quantitative estimate of drug-likeness (QED) is 0.787. The molecule has 134 valence electrons. The summed E-state index contributed by atoms with van der Waals surface area (Å²) in [7, 11) is -2.99. The van der Waals surface area contributed by atoms with E-state index in [1.165, 1.54) is 5.56 Å². The van der Waals surface area contributed by atoms with E-state index in [4.69, 9.17) is 0 Å². The highest BCUT2D eigenvalue weighted by Crippen LogP contribution is 2.22. The standard InChI is InChI=1S/C18H28N2O3S/c1-5-19(17-8-7-14(3)11-15(17)4)12-18(21)20(6-2)16-9-10-24(22,23)13-16/h7-8,11,16H,5-6,9-10,12-13H2,1-4H3. The minimum atomic E-state index is -2.99. The van der Waals surface area contributed by atoms with Crippen LogP contribution in [-0.2, 0) is 14.6 Å². The molecule has 0 N–H and O–H groups in total. The minimum Gasteiger partial charge on any atom is -0.362 e. The normalized spacial score (nSPS) is 19.2. The van der Waals surface area contributed by atoms with E-state index in [1.807, 2.05) is 13.8 Å². The second-order valence-corrected chi connectivity index (χ2v) is 8.77. The van der Waals surface area contributed by atoms with Gasteiger partial charge < -0.3 is 9.80 Å². The fourth-order valence-electron chi connectivity index (χ4n) is 3.44. The minimum absolute atomic E-state index is 0.00132. The van der Waals surface area contributed by atoms with Crippen molar-refractivity contribution in [3.8, 4) is 0 Å². The van der Waals surface area contributed by atoms with Crippen LogP contribution in [0.5, 0.6) is 0 Å². The predicted octanol–water partition coefficient (Wildman–Crippen LogP) is 2.17. The zero-order valence-corrected chi connectivity index (χ0v) is 15.9. The Morgan fingerprint density at radius 1 is 1.21 bits per heavy atom. The molecule has 2 rings (SSSR count). The summed E-state index contributed by atoms with van der Waals surface area (Å²) >= 11 is 0. The first kappa shape index (κ1) is 18.8. The van der Waals surface area contributed by atoms with Crippen molar-refractivity contribution in [2.24, 2.45) is 0 Å². The Morgan fingerprint density at radius 2 is 1.92 bits per heavy atom. The van der Waals surface area contributed by atoms with Gasteiger partial charge >= 0.3 is 0 Å². The molecule has 1 fully saturated rings. The molecule has 0 aliphatic carbocycles. The summed E-state index contributed by atoms with van der Waals surface area (Å²) in [5.41, 5.74) is 3.41. The molecule has 0 saturated carbocycles. The molecule has 1 atom stereocenters. The predicted molar refractivity (Wildman–Crippen MR) is 98.2 cm³/mol. The van der Waals surface area contributed by atoms with E-state index in [2.05, 4.69) is 36.9 Å². The SMILES string of the molecule is CCN(CC(=O)N(CC)C1CCS(=O)(=O)C1)c1ccc(C)cc1C. The summed E-state index contributed by atoms with van der Waals surface area (Å²) in [6.45, 7) is 9.61. The van der Waals surface area contributed by atoms with Gasteiger partial charge in [-0.1, -0.05) is 17.7 Å². The third-order valence-corrected chi connectivity index (χ3v) is 6.46. The Labute approximate surface area is 145 Å². The van der Waals surface area contributed by atoms with Gasteiger partial charge in [0.05, 0.1) is 18.1 Å². The van der Waals surface area contributed by atoms with E-state index in [0.717, 1.165) is 17.8 Å². The van der Waals surface area contributed by atoms with E-state index in [0.29, 0.717) is 13.0 Å². The van der Waals surface area contributed by atoms with Crippen molar-refractivity contribution in [1.29, 1.82) is 0 Å². The molecule has 5 nitrogen and oxygen atoms in total. The first-order valence-electron chi connectivity index (χ1n) is 8.59. The molecule has 1 aromatic carbocycles. The van der Waals surface area contributed by atoms with Gasteiger partial charge in [0.25, 0.3) is 0 Å². The number of nitrogens with zero attached hydrogens (tertiary/aromatic N) is 2. The zero-order valence-electron chi connectivity index (χ0n) is 15.1. The number of carbonyl (C=O) groups excluding carboxylic acids is 1. The molecule has 1 aromatic rings. The van der Waals surface area contributed by atoms with Crippen molar-refractivity contribution >= 4 is 21.4 Å². The lowest BCUT2D eigenvalue weighted by atomic mass is 10.1. The molecule has 1 saturated heterocycles. The zero-order chi connectivity index (χ0) is 17.9. The number of likely N-dealkylation sites (N-methyl/N-ethyl adjacent to an activating group) is 2. The smallest absolute Gasteiger partial charge is 0.242 e. The number of rotatable bonds is 6. The maximum Gasteiger partial charge on any atom is 0.242 e. The molecule has 6 heteroatoms. The van der Waals surface area contributed by atoms with Crippen molar-refractivity contribution < 1.29 is 13.2 Å². The third kappa shape index (κ3) is 4.29. The van der Waals surface area contributed by atoms with Gasteiger partial charge in [-0.15, -0.1) is 0 Å². The van der Waals surface area contributed by atoms with Crippen LogP contribution in [0, 0.1) is 13.8 Å². The van der Waals surface area contributed by atoms with Crippen molar-refractivity contribution in [3.05, 3.63) is 29.3 Å². The number of sulfone groups is 1. The Kier molecular flexibility index (Phi) is 5.91. The first-order valence-corrected chi connectivity index (χ1v) is 10.4. The molecular weight excluding hydrogens is 324 g/mol. The second-order valence-electron chi connectivity index (χ2n) is 6.54. The van der Waals surface area contributed by atoms with Crippen LogP contribution in [0.3, 0.4) is 0 Å². The van der Waals surface area contributed by atoms with Gasteiger partial charge in [0.2, 0.25) is 5.91 Å². The number of hydrogen-bond acceptors (Lipinski definition) is 4. The van der Waals surface area contributed by atoms with Gasteiger partial charge in [-0.2, -0.15) is 0 Å². The van der Waals surface area contributed by atoms with E-state index >= 15 is 0 Å². The van der Waals surface area contributed by atoms with Crippen LogP contribution in [-0.4, -0.2) is 56.4 Å². The molecule has 0 spiro atoms. The number of aryl methyl sites for hydroxylation is 2. The molecular formula is C18H28N2O3S. The Hall–Kier alpha value is -1.56. The van der Waals surface area contributed by atoms with Crippen LogP contribution in [0.25, 0.3) is 0 Å². The molecule has 1 unspecified atom stereocenters. The molecule has 1 aliphatic rings. The van der Waals surface area contributed by atoms with Gasteiger partial charge in [0.1, 0.15) is 0 Å². The van der Waals surface area contributed by atoms with Crippen molar-refractivity contribution in [2.75, 3.05) is 36.0 Å².